The van der Waals surface area contributed by atoms with Crippen LogP contribution < -0.4 is 10.1 Å². The normalized spacial score (nSPS) is 12.1. The van der Waals surface area contributed by atoms with Gasteiger partial charge in [0.25, 0.3) is 0 Å². The van der Waals surface area contributed by atoms with Crippen LogP contribution in [-0.4, -0.2) is 10.9 Å². The van der Waals surface area contributed by atoms with E-state index in [0.29, 0.717) is 17.9 Å². The Balaban J connectivity index is 1.57. The Morgan fingerprint density at radius 2 is 2.07 bits per heavy atom. The molecule has 0 fully saturated rings. The molecule has 0 saturated heterocycles. The number of halogens is 2. The molecule has 150 valence electrons. The fourth-order valence-corrected chi connectivity index (χ4v) is 3.24. The molecule has 0 bridgehead atoms. The van der Waals surface area contributed by atoms with Crippen LogP contribution in [0, 0.1) is 18.6 Å². The topological polar surface area (TPSA) is 51.2 Å². The van der Waals surface area contributed by atoms with Crippen molar-refractivity contribution in [2.45, 2.75) is 26.5 Å². The van der Waals surface area contributed by atoms with Crippen LogP contribution >= 0.6 is 11.3 Å². The van der Waals surface area contributed by atoms with Crippen LogP contribution in [0.1, 0.15) is 34.8 Å². The van der Waals surface area contributed by atoms with Gasteiger partial charge in [-0.2, -0.15) is 0 Å². The average molecular weight is 414 g/mol. The van der Waals surface area contributed by atoms with Crippen molar-refractivity contribution in [3.63, 3.8) is 0 Å². The lowest BCUT2D eigenvalue weighted by Crippen LogP contribution is -2.24. The van der Waals surface area contributed by atoms with E-state index in [1.54, 1.807) is 24.3 Å². The van der Waals surface area contributed by atoms with E-state index in [-0.39, 0.29) is 5.91 Å². The van der Waals surface area contributed by atoms with Crippen molar-refractivity contribution in [1.29, 1.82) is 0 Å². The zero-order valence-corrected chi connectivity index (χ0v) is 16.8. The number of carbonyl (C=O) groups is 1. The largest absolute Gasteiger partial charge is 0.487 e. The number of ether oxygens (including phenoxy) is 1. The van der Waals surface area contributed by atoms with Gasteiger partial charge in [-0.3, -0.25) is 4.79 Å². The number of aromatic nitrogens is 1. The van der Waals surface area contributed by atoms with E-state index in [0.717, 1.165) is 28.4 Å². The summed E-state index contributed by atoms with van der Waals surface area (Å²) in [6, 6.07) is 10.4. The molecule has 0 spiro atoms. The Bertz CT molecular complexity index is 1030. The van der Waals surface area contributed by atoms with Crippen LogP contribution in [0.3, 0.4) is 0 Å². The van der Waals surface area contributed by atoms with E-state index >= 15 is 0 Å². The Morgan fingerprint density at radius 1 is 1.24 bits per heavy atom. The van der Waals surface area contributed by atoms with Crippen molar-refractivity contribution < 1.29 is 18.3 Å². The smallest absolute Gasteiger partial charge is 0.244 e. The van der Waals surface area contributed by atoms with Gasteiger partial charge in [0.1, 0.15) is 12.4 Å². The van der Waals surface area contributed by atoms with Gasteiger partial charge in [0.2, 0.25) is 5.91 Å². The lowest BCUT2D eigenvalue weighted by Gasteiger charge is -2.13. The van der Waals surface area contributed by atoms with Gasteiger partial charge in [0, 0.05) is 11.5 Å². The van der Waals surface area contributed by atoms with Gasteiger partial charge in [0.15, 0.2) is 11.6 Å². The number of amides is 1. The summed E-state index contributed by atoms with van der Waals surface area (Å²) in [5.41, 5.74) is 2.16. The van der Waals surface area contributed by atoms with Crippen LogP contribution in [0.2, 0.25) is 0 Å². The quantitative estimate of drug-likeness (QED) is 0.541. The number of carbonyl (C=O) groups excluding carboxylic acids is 1. The van der Waals surface area contributed by atoms with E-state index in [9.17, 15) is 13.6 Å². The maximum absolute atomic E-state index is 13.3. The summed E-state index contributed by atoms with van der Waals surface area (Å²) in [5, 5.41) is 5.67. The van der Waals surface area contributed by atoms with E-state index in [1.807, 2.05) is 36.6 Å². The molecular weight excluding hydrogens is 394 g/mol. The lowest BCUT2D eigenvalue weighted by atomic mass is 10.1. The van der Waals surface area contributed by atoms with Crippen LogP contribution in [0.5, 0.6) is 5.75 Å². The highest BCUT2D eigenvalue weighted by Gasteiger charge is 2.10. The number of aryl methyl sites for hydroxylation is 1. The van der Waals surface area contributed by atoms with E-state index < -0.39 is 17.7 Å². The van der Waals surface area contributed by atoms with Crippen molar-refractivity contribution in [2.75, 3.05) is 0 Å². The van der Waals surface area contributed by atoms with Crippen molar-refractivity contribution >= 4 is 23.3 Å². The van der Waals surface area contributed by atoms with Gasteiger partial charge >= 0.3 is 0 Å². The first-order valence-electron chi connectivity index (χ1n) is 8.98. The molecule has 0 saturated carbocycles. The number of nitrogens with one attached hydrogen (secondary N) is 1. The summed E-state index contributed by atoms with van der Waals surface area (Å²) in [6.45, 7) is 4.02. The summed E-state index contributed by atoms with van der Waals surface area (Å²) >= 11 is 1.57. The molecule has 29 heavy (non-hydrogen) atoms. The second-order valence-electron chi connectivity index (χ2n) is 6.46. The van der Waals surface area contributed by atoms with Gasteiger partial charge in [-0.25, -0.2) is 13.8 Å². The predicted molar refractivity (Wildman–Crippen MR) is 110 cm³/mol. The monoisotopic (exact) mass is 414 g/mol. The number of thiazole rings is 1. The van der Waals surface area contributed by atoms with Crippen LogP contribution in [0.15, 0.2) is 53.9 Å². The highest BCUT2D eigenvalue weighted by Crippen LogP contribution is 2.18. The van der Waals surface area contributed by atoms with Crippen molar-refractivity contribution in [2.24, 2.45) is 0 Å². The zero-order chi connectivity index (χ0) is 20.8. The first-order chi connectivity index (χ1) is 13.9. The first-order valence-corrected chi connectivity index (χ1v) is 9.86. The van der Waals surface area contributed by atoms with E-state index in [1.165, 1.54) is 12.1 Å². The Hall–Kier alpha value is -3.06. The Morgan fingerprint density at radius 3 is 2.79 bits per heavy atom. The third kappa shape index (κ3) is 5.96. The Labute approximate surface area is 171 Å². The molecule has 4 nitrogen and oxygen atoms in total. The van der Waals surface area contributed by atoms with Crippen LogP contribution in [-0.2, 0) is 11.4 Å². The number of benzene rings is 2. The third-order valence-electron chi connectivity index (χ3n) is 4.14. The molecule has 0 aliphatic rings. The zero-order valence-electron chi connectivity index (χ0n) is 16.0. The van der Waals surface area contributed by atoms with Gasteiger partial charge in [-0.05, 0) is 55.3 Å². The Kier molecular flexibility index (Phi) is 6.72. The first kappa shape index (κ1) is 20.7. The second kappa shape index (κ2) is 9.43. The number of hydrogen-bond donors (Lipinski definition) is 1. The van der Waals surface area contributed by atoms with Crippen molar-refractivity contribution in [1.82, 2.24) is 10.3 Å². The van der Waals surface area contributed by atoms with Gasteiger partial charge < -0.3 is 10.1 Å². The van der Waals surface area contributed by atoms with Crippen molar-refractivity contribution in [3.8, 4) is 5.75 Å². The molecule has 0 unspecified atom stereocenters. The highest BCUT2D eigenvalue weighted by atomic mass is 32.1. The van der Waals surface area contributed by atoms with Gasteiger partial charge in [0.05, 0.1) is 16.7 Å². The molecule has 1 amide bonds. The molecule has 0 radical (unpaired) electrons. The molecule has 1 atom stereocenters. The summed E-state index contributed by atoms with van der Waals surface area (Å²) in [6.07, 6.45) is 3.05. The van der Waals surface area contributed by atoms with Crippen LogP contribution in [0.4, 0.5) is 8.78 Å². The minimum Gasteiger partial charge on any atom is -0.487 e. The maximum atomic E-state index is 13.3. The summed E-state index contributed by atoms with van der Waals surface area (Å²) in [4.78, 5) is 16.5. The summed E-state index contributed by atoms with van der Waals surface area (Å²) in [7, 11) is 0. The molecule has 3 aromatic rings. The maximum Gasteiger partial charge on any atom is 0.244 e. The van der Waals surface area contributed by atoms with Gasteiger partial charge in [-0.1, -0.05) is 18.2 Å². The number of rotatable bonds is 7. The van der Waals surface area contributed by atoms with E-state index in [4.69, 9.17) is 4.74 Å². The summed E-state index contributed by atoms with van der Waals surface area (Å²) in [5.74, 6) is -1.53. The number of hydrogen-bond acceptors (Lipinski definition) is 4. The molecule has 7 heteroatoms. The minimum absolute atomic E-state index is 0.341. The number of nitrogens with zero attached hydrogens (tertiary/aromatic N) is 1. The fourth-order valence-electron chi connectivity index (χ4n) is 2.64. The minimum atomic E-state index is -0.941. The van der Waals surface area contributed by atoms with Crippen LogP contribution in [0.25, 0.3) is 6.08 Å². The summed E-state index contributed by atoms with van der Waals surface area (Å²) < 4.78 is 32.1. The fraction of sp³-hybridized carbons (Fsp3) is 0.182. The molecule has 2 aromatic carbocycles. The average Bonchev–Trinajstić information content (AvgIpc) is 3.12. The SMILES string of the molecule is Cc1nc(COc2cccc(/C=C\C(=O)N[C@H](C)c3ccc(F)c(F)c3)c2)cs1. The predicted octanol–water partition coefficient (Wildman–Crippen LogP) is 5.20. The highest BCUT2D eigenvalue weighted by molar-refractivity contribution is 7.09. The van der Waals surface area contributed by atoms with Gasteiger partial charge in [-0.15, -0.1) is 11.3 Å². The third-order valence-corrected chi connectivity index (χ3v) is 4.96. The molecule has 0 aliphatic heterocycles. The molecular formula is C22H20F2N2O2S. The molecule has 1 heterocycles. The lowest BCUT2D eigenvalue weighted by molar-refractivity contribution is -0.117. The van der Waals surface area contributed by atoms with Crippen molar-refractivity contribution in [3.05, 3.63) is 87.4 Å². The molecule has 0 aliphatic carbocycles. The molecule has 1 aromatic heterocycles. The molecule has 1 N–H and O–H groups in total. The van der Waals surface area contributed by atoms with E-state index in [2.05, 4.69) is 10.3 Å². The molecule has 3 rings (SSSR count). The second-order valence-corrected chi connectivity index (χ2v) is 7.52. The standard InChI is InChI=1S/C22H20F2N2O2S/c1-14(17-7-8-20(23)21(24)11-17)25-22(27)9-6-16-4-3-5-19(10-16)28-12-18-13-29-15(2)26-18/h3-11,13-14H,12H2,1-2H3,(H,25,27)/b9-6-/t14-/m1/s1.